The van der Waals surface area contributed by atoms with Crippen LogP contribution in [0.3, 0.4) is 0 Å². The van der Waals surface area contributed by atoms with Crippen molar-refractivity contribution in [1.82, 2.24) is 0 Å². The lowest BCUT2D eigenvalue weighted by Gasteiger charge is -1.90. The maximum Gasteiger partial charge on any atom is 0.151 e. The fourth-order valence-electron chi connectivity index (χ4n) is 1.14. The minimum absolute atomic E-state index is 0.0219. The SMILES string of the molecule is O=C[C@@H]1OC1c1ccccc1. The van der Waals surface area contributed by atoms with Crippen molar-refractivity contribution in [3.8, 4) is 0 Å². The van der Waals surface area contributed by atoms with Crippen molar-refractivity contribution in [1.29, 1.82) is 0 Å². The Balaban J connectivity index is 2.14. The number of ether oxygens (including phenoxy) is 1. The monoisotopic (exact) mass is 148 g/mol. The summed E-state index contributed by atoms with van der Waals surface area (Å²) in [6.45, 7) is 0. The Morgan fingerprint density at radius 1 is 1.27 bits per heavy atom. The van der Waals surface area contributed by atoms with Crippen molar-refractivity contribution in [2.75, 3.05) is 0 Å². The molecule has 2 atom stereocenters. The first kappa shape index (κ1) is 6.55. The second-order valence-corrected chi connectivity index (χ2v) is 2.57. The van der Waals surface area contributed by atoms with Crippen LogP contribution in [-0.4, -0.2) is 12.4 Å². The van der Waals surface area contributed by atoms with Crippen molar-refractivity contribution < 1.29 is 9.53 Å². The standard InChI is InChI=1S/C9H8O2/c10-6-8-9(11-8)7-4-2-1-3-5-7/h1-6,8-9H/t8-,9?/m0/s1. The molecule has 1 aromatic carbocycles. The molecule has 2 nitrogen and oxygen atoms in total. The van der Waals surface area contributed by atoms with Crippen molar-refractivity contribution in [2.24, 2.45) is 0 Å². The van der Waals surface area contributed by atoms with Crippen LogP contribution in [0.5, 0.6) is 0 Å². The van der Waals surface area contributed by atoms with Crippen LogP contribution in [-0.2, 0) is 9.53 Å². The van der Waals surface area contributed by atoms with Gasteiger partial charge in [-0.25, -0.2) is 0 Å². The van der Waals surface area contributed by atoms with Gasteiger partial charge in [0, 0.05) is 0 Å². The molecule has 0 bridgehead atoms. The van der Waals surface area contributed by atoms with Crippen molar-refractivity contribution in [2.45, 2.75) is 12.2 Å². The van der Waals surface area contributed by atoms with Gasteiger partial charge >= 0.3 is 0 Å². The summed E-state index contributed by atoms with van der Waals surface area (Å²) < 4.78 is 5.08. The summed E-state index contributed by atoms with van der Waals surface area (Å²) in [5.41, 5.74) is 1.09. The van der Waals surface area contributed by atoms with Gasteiger partial charge < -0.3 is 9.53 Å². The van der Waals surface area contributed by atoms with Gasteiger partial charge in [-0.05, 0) is 5.56 Å². The summed E-state index contributed by atoms with van der Waals surface area (Å²) in [4.78, 5) is 10.2. The molecule has 1 aliphatic heterocycles. The molecule has 0 N–H and O–H groups in total. The van der Waals surface area contributed by atoms with Gasteiger partial charge in [-0.15, -0.1) is 0 Å². The Hall–Kier alpha value is -1.15. The summed E-state index contributed by atoms with van der Waals surface area (Å²) in [5.74, 6) is 0. The highest BCUT2D eigenvalue weighted by atomic mass is 16.6. The van der Waals surface area contributed by atoms with Gasteiger partial charge in [0.25, 0.3) is 0 Å². The van der Waals surface area contributed by atoms with Crippen LogP contribution in [0.4, 0.5) is 0 Å². The molecule has 1 aromatic rings. The summed E-state index contributed by atoms with van der Waals surface area (Å²) in [6.07, 6.45) is 0.670. The van der Waals surface area contributed by atoms with Gasteiger partial charge in [-0.3, -0.25) is 0 Å². The van der Waals surface area contributed by atoms with Crippen molar-refractivity contribution in [3.05, 3.63) is 35.9 Å². The number of hydrogen-bond acceptors (Lipinski definition) is 2. The van der Waals surface area contributed by atoms with E-state index < -0.39 is 0 Å². The molecule has 1 unspecified atom stereocenters. The molecule has 1 fully saturated rings. The molecule has 0 saturated carbocycles. The molecule has 1 heterocycles. The van der Waals surface area contributed by atoms with Gasteiger partial charge in [0.05, 0.1) is 0 Å². The Kier molecular flexibility index (Phi) is 1.47. The topological polar surface area (TPSA) is 29.6 Å². The van der Waals surface area contributed by atoms with Crippen LogP contribution in [0.25, 0.3) is 0 Å². The third-order valence-corrected chi connectivity index (χ3v) is 1.79. The van der Waals surface area contributed by atoms with Crippen LogP contribution in [0.15, 0.2) is 30.3 Å². The highest BCUT2D eigenvalue weighted by Gasteiger charge is 2.39. The van der Waals surface area contributed by atoms with E-state index in [1.165, 1.54) is 0 Å². The van der Waals surface area contributed by atoms with E-state index in [2.05, 4.69) is 0 Å². The second kappa shape index (κ2) is 2.47. The van der Waals surface area contributed by atoms with E-state index >= 15 is 0 Å². The lowest BCUT2D eigenvalue weighted by molar-refractivity contribution is -0.108. The minimum Gasteiger partial charge on any atom is -0.357 e. The van der Waals surface area contributed by atoms with Gasteiger partial charge in [0.15, 0.2) is 6.29 Å². The molecule has 11 heavy (non-hydrogen) atoms. The third kappa shape index (κ3) is 1.17. The van der Waals surface area contributed by atoms with Gasteiger partial charge in [-0.1, -0.05) is 30.3 Å². The summed E-state index contributed by atoms with van der Waals surface area (Å²) in [6, 6.07) is 9.77. The summed E-state index contributed by atoms with van der Waals surface area (Å²) in [7, 11) is 0. The number of carbonyl (C=O) groups is 1. The summed E-state index contributed by atoms with van der Waals surface area (Å²) >= 11 is 0. The molecule has 0 aliphatic carbocycles. The quantitative estimate of drug-likeness (QED) is 0.467. The average molecular weight is 148 g/mol. The highest BCUT2D eigenvalue weighted by molar-refractivity contribution is 5.61. The number of benzene rings is 1. The van der Waals surface area contributed by atoms with E-state index in [9.17, 15) is 4.79 Å². The maximum atomic E-state index is 10.2. The van der Waals surface area contributed by atoms with E-state index in [0.717, 1.165) is 11.8 Å². The molecule has 1 aliphatic rings. The Labute approximate surface area is 64.8 Å². The number of epoxide rings is 1. The molecule has 1 saturated heterocycles. The van der Waals surface area contributed by atoms with Gasteiger partial charge in [0.2, 0.25) is 0 Å². The van der Waals surface area contributed by atoms with Crippen molar-refractivity contribution in [3.63, 3.8) is 0 Å². The molecular weight excluding hydrogens is 140 g/mol. The van der Waals surface area contributed by atoms with E-state index in [1.807, 2.05) is 30.3 Å². The Morgan fingerprint density at radius 2 is 2.00 bits per heavy atom. The minimum atomic E-state index is -0.197. The summed E-state index contributed by atoms with van der Waals surface area (Å²) in [5, 5.41) is 0. The van der Waals surface area contributed by atoms with Crippen LogP contribution < -0.4 is 0 Å². The molecule has 2 heteroatoms. The number of carbonyl (C=O) groups excluding carboxylic acids is 1. The molecule has 0 amide bonds. The molecule has 0 spiro atoms. The van der Waals surface area contributed by atoms with Crippen LogP contribution >= 0.6 is 0 Å². The predicted octanol–water partition coefficient (Wildman–Crippen LogP) is 1.33. The lowest BCUT2D eigenvalue weighted by Crippen LogP contribution is -1.87. The zero-order valence-corrected chi connectivity index (χ0v) is 5.94. The van der Waals surface area contributed by atoms with Crippen LogP contribution in [0.2, 0.25) is 0 Å². The zero-order valence-electron chi connectivity index (χ0n) is 5.94. The third-order valence-electron chi connectivity index (χ3n) is 1.79. The van der Waals surface area contributed by atoms with E-state index in [0.29, 0.717) is 0 Å². The predicted molar refractivity (Wildman–Crippen MR) is 40.1 cm³/mol. The first-order chi connectivity index (χ1) is 5.42. The molecule has 56 valence electrons. The number of rotatable bonds is 2. The normalized spacial score (nSPS) is 28.0. The maximum absolute atomic E-state index is 10.2. The first-order valence-electron chi connectivity index (χ1n) is 3.57. The van der Waals surface area contributed by atoms with E-state index in [1.54, 1.807) is 0 Å². The second-order valence-electron chi connectivity index (χ2n) is 2.57. The zero-order chi connectivity index (χ0) is 7.68. The Morgan fingerprint density at radius 3 is 2.55 bits per heavy atom. The smallest absolute Gasteiger partial charge is 0.151 e. The molecular formula is C9H8O2. The highest BCUT2D eigenvalue weighted by Crippen LogP contribution is 2.36. The largest absolute Gasteiger partial charge is 0.357 e. The molecule has 2 rings (SSSR count). The van der Waals surface area contributed by atoms with Gasteiger partial charge in [-0.2, -0.15) is 0 Å². The first-order valence-corrected chi connectivity index (χ1v) is 3.57. The number of hydrogen-bond donors (Lipinski definition) is 0. The lowest BCUT2D eigenvalue weighted by atomic mass is 10.1. The number of aldehydes is 1. The fraction of sp³-hybridized carbons (Fsp3) is 0.222. The molecule has 0 radical (unpaired) electrons. The van der Waals surface area contributed by atoms with Crippen LogP contribution in [0.1, 0.15) is 11.7 Å². The fourth-order valence-corrected chi connectivity index (χ4v) is 1.14. The van der Waals surface area contributed by atoms with E-state index in [4.69, 9.17) is 4.74 Å². The average Bonchev–Trinajstić information content (AvgIpc) is 2.85. The van der Waals surface area contributed by atoms with Crippen molar-refractivity contribution >= 4 is 6.29 Å². The molecule has 0 aromatic heterocycles. The Bertz CT molecular complexity index is 256. The van der Waals surface area contributed by atoms with Gasteiger partial charge in [0.1, 0.15) is 12.2 Å². The van der Waals surface area contributed by atoms with E-state index in [-0.39, 0.29) is 12.2 Å². The van der Waals surface area contributed by atoms with Crippen LogP contribution in [0, 0.1) is 0 Å².